The summed E-state index contributed by atoms with van der Waals surface area (Å²) in [6.07, 6.45) is 2.48. The van der Waals surface area contributed by atoms with E-state index in [1.165, 1.54) is 0 Å². The van der Waals surface area contributed by atoms with E-state index in [9.17, 15) is 14.9 Å². The summed E-state index contributed by atoms with van der Waals surface area (Å²) in [6.45, 7) is 3.45. The molecule has 1 fully saturated rings. The van der Waals surface area contributed by atoms with E-state index >= 15 is 0 Å². The van der Waals surface area contributed by atoms with Gasteiger partial charge in [-0.2, -0.15) is 5.26 Å². The summed E-state index contributed by atoms with van der Waals surface area (Å²) in [4.78, 5) is 29.1. The maximum absolute atomic E-state index is 11.5. The molecule has 21 heavy (non-hydrogen) atoms. The quantitative estimate of drug-likeness (QED) is 0.604. The van der Waals surface area contributed by atoms with Crippen LogP contribution >= 0.6 is 0 Å². The third-order valence-corrected chi connectivity index (χ3v) is 4.25. The second kappa shape index (κ2) is 4.85. The highest BCUT2D eigenvalue weighted by atomic mass is 16.5. The van der Waals surface area contributed by atoms with E-state index in [2.05, 4.69) is 11.1 Å². The fourth-order valence-corrected chi connectivity index (χ4v) is 2.71. The number of carbonyl (C=O) groups is 2. The first-order chi connectivity index (χ1) is 10.1. The molecule has 0 saturated carbocycles. The van der Waals surface area contributed by atoms with Gasteiger partial charge in [0.05, 0.1) is 16.8 Å². The van der Waals surface area contributed by atoms with Crippen LogP contribution in [0, 0.1) is 16.7 Å². The molecule has 3 heterocycles. The molecule has 0 aliphatic carbocycles. The summed E-state index contributed by atoms with van der Waals surface area (Å²) in [5.41, 5.74) is 1.05. The van der Waals surface area contributed by atoms with E-state index < -0.39 is 5.97 Å². The fourth-order valence-electron chi connectivity index (χ4n) is 2.71. The number of carbonyl (C=O) groups excluding carboxylic acids is 2. The monoisotopic (exact) mass is 285 g/mol. The molecule has 0 atom stereocenters. The van der Waals surface area contributed by atoms with Gasteiger partial charge in [-0.25, -0.2) is 9.78 Å². The van der Waals surface area contributed by atoms with Gasteiger partial charge in [0.25, 0.3) is 0 Å². The Morgan fingerprint density at radius 3 is 2.81 bits per heavy atom. The number of nitriles is 1. The predicted octanol–water partition coefficient (Wildman–Crippen LogP) is 1.43. The number of nitrogens with zero attached hydrogens (tertiary/aromatic N) is 3. The van der Waals surface area contributed by atoms with Crippen molar-refractivity contribution in [2.24, 2.45) is 5.41 Å². The highest BCUT2D eigenvalue weighted by Gasteiger charge is 2.32. The molecule has 1 saturated heterocycles. The topological polar surface area (TPSA) is 83.3 Å². The first-order valence-corrected chi connectivity index (χ1v) is 6.89. The lowest BCUT2D eigenvalue weighted by Crippen LogP contribution is -2.40. The zero-order valence-electron chi connectivity index (χ0n) is 11.8. The smallest absolute Gasteiger partial charge is 0.340 e. The van der Waals surface area contributed by atoms with E-state index in [-0.39, 0.29) is 12.0 Å². The number of aldehydes is 1. The first kappa shape index (κ1) is 13.6. The standard InChI is InChI=1S/C15H15N3O3/c1-15(9-19)2-4-18(5-3-15)13-10(7-16)6-11-12(17-13)8-21-14(11)20/h6,9H,2-5,8H2,1H3. The number of hydrogen-bond acceptors (Lipinski definition) is 6. The van der Waals surface area contributed by atoms with Crippen molar-refractivity contribution >= 4 is 18.1 Å². The van der Waals surface area contributed by atoms with E-state index in [1.54, 1.807) is 6.07 Å². The summed E-state index contributed by atoms with van der Waals surface area (Å²) in [6, 6.07) is 3.65. The van der Waals surface area contributed by atoms with Crippen LogP contribution in [0.5, 0.6) is 0 Å². The summed E-state index contributed by atoms with van der Waals surface area (Å²) >= 11 is 0. The van der Waals surface area contributed by atoms with E-state index in [1.807, 2.05) is 11.8 Å². The Hall–Kier alpha value is -2.42. The number of aromatic nitrogens is 1. The Labute approximate surface area is 122 Å². The zero-order valence-corrected chi connectivity index (χ0v) is 11.8. The van der Waals surface area contributed by atoms with Gasteiger partial charge >= 0.3 is 5.97 Å². The average Bonchev–Trinajstić information content (AvgIpc) is 2.87. The minimum absolute atomic E-state index is 0.159. The minimum Gasteiger partial charge on any atom is -0.455 e. The largest absolute Gasteiger partial charge is 0.455 e. The maximum Gasteiger partial charge on any atom is 0.340 e. The summed E-state index contributed by atoms with van der Waals surface area (Å²) in [5.74, 6) is 0.162. The van der Waals surface area contributed by atoms with Gasteiger partial charge in [0, 0.05) is 18.5 Å². The van der Waals surface area contributed by atoms with Gasteiger partial charge in [0.2, 0.25) is 0 Å². The lowest BCUT2D eigenvalue weighted by molar-refractivity contribution is -0.116. The van der Waals surface area contributed by atoms with Crippen molar-refractivity contribution in [2.45, 2.75) is 26.4 Å². The van der Waals surface area contributed by atoms with Gasteiger partial charge in [-0.05, 0) is 18.9 Å². The number of hydrogen-bond donors (Lipinski definition) is 0. The Morgan fingerprint density at radius 2 is 2.19 bits per heavy atom. The molecular weight excluding hydrogens is 270 g/mol. The molecule has 2 aliphatic rings. The molecule has 6 heteroatoms. The number of fused-ring (bicyclic) bond motifs is 1. The highest BCUT2D eigenvalue weighted by Crippen LogP contribution is 2.33. The third kappa shape index (κ3) is 2.25. The van der Waals surface area contributed by atoms with E-state index in [0.717, 1.165) is 19.1 Å². The van der Waals surface area contributed by atoms with Crippen LogP contribution in [0.15, 0.2) is 6.07 Å². The van der Waals surface area contributed by atoms with Crippen molar-refractivity contribution in [3.05, 3.63) is 22.9 Å². The summed E-state index contributed by atoms with van der Waals surface area (Å²) in [7, 11) is 0. The number of rotatable bonds is 2. The van der Waals surface area contributed by atoms with Crippen molar-refractivity contribution in [1.82, 2.24) is 4.98 Å². The highest BCUT2D eigenvalue weighted by molar-refractivity contribution is 5.93. The Bertz CT molecular complexity index is 655. The molecule has 1 aromatic heterocycles. The molecule has 0 bridgehead atoms. The van der Waals surface area contributed by atoms with Gasteiger partial charge in [0.15, 0.2) is 0 Å². The molecule has 2 aliphatic heterocycles. The Kier molecular flexibility index (Phi) is 3.13. The Balaban J connectivity index is 1.92. The average molecular weight is 285 g/mol. The van der Waals surface area contributed by atoms with Crippen LogP contribution in [0.4, 0.5) is 5.82 Å². The van der Waals surface area contributed by atoms with Gasteiger partial charge in [0.1, 0.15) is 24.8 Å². The lowest BCUT2D eigenvalue weighted by Gasteiger charge is -2.36. The number of cyclic esters (lactones) is 1. The molecule has 0 spiro atoms. The summed E-state index contributed by atoms with van der Waals surface area (Å²) < 4.78 is 4.94. The van der Waals surface area contributed by atoms with Crippen LogP contribution in [0.2, 0.25) is 0 Å². The zero-order chi connectivity index (χ0) is 15.0. The van der Waals surface area contributed by atoms with Crippen LogP contribution in [0.25, 0.3) is 0 Å². The molecular formula is C15H15N3O3. The number of ether oxygens (including phenoxy) is 1. The Morgan fingerprint density at radius 1 is 1.48 bits per heavy atom. The van der Waals surface area contributed by atoms with Crippen molar-refractivity contribution in [1.29, 1.82) is 5.26 Å². The van der Waals surface area contributed by atoms with Crippen molar-refractivity contribution < 1.29 is 14.3 Å². The molecule has 0 radical (unpaired) electrons. The van der Waals surface area contributed by atoms with Gasteiger partial charge in [-0.1, -0.05) is 6.92 Å². The van der Waals surface area contributed by atoms with Gasteiger partial charge in [-0.15, -0.1) is 0 Å². The van der Waals surface area contributed by atoms with E-state index in [0.29, 0.717) is 35.7 Å². The second-order valence-corrected chi connectivity index (χ2v) is 5.80. The van der Waals surface area contributed by atoms with Gasteiger partial charge < -0.3 is 14.4 Å². The SMILES string of the molecule is CC1(C=O)CCN(c2nc3c(cc2C#N)C(=O)OC3)CC1. The van der Waals surface area contributed by atoms with Crippen LogP contribution < -0.4 is 4.90 Å². The molecule has 108 valence electrons. The summed E-state index contributed by atoms with van der Waals surface area (Å²) in [5, 5.41) is 9.29. The molecule has 0 N–H and O–H groups in total. The van der Waals surface area contributed by atoms with Gasteiger partial charge in [-0.3, -0.25) is 0 Å². The van der Waals surface area contributed by atoms with Crippen molar-refractivity contribution in [3.63, 3.8) is 0 Å². The number of piperidine rings is 1. The normalized spacial score (nSPS) is 19.6. The third-order valence-electron chi connectivity index (χ3n) is 4.25. The molecule has 0 aromatic carbocycles. The number of anilines is 1. The second-order valence-electron chi connectivity index (χ2n) is 5.80. The maximum atomic E-state index is 11.5. The number of pyridine rings is 1. The van der Waals surface area contributed by atoms with Crippen LogP contribution in [-0.2, 0) is 16.1 Å². The lowest BCUT2D eigenvalue weighted by atomic mass is 9.82. The van der Waals surface area contributed by atoms with Crippen LogP contribution in [0.3, 0.4) is 0 Å². The first-order valence-electron chi connectivity index (χ1n) is 6.89. The van der Waals surface area contributed by atoms with Crippen LogP contribution in [-0.4, -0.2) is 30.3 Å². The fraction of sp³-hybridized carbons (Fsp3) is 0.467. The number of esters is 1. The molecule has 6 nitrogen and oxygen atoms in total. The molecule has 1 aromatic rings. The van der Waals surface area contributed by atoms with Crippen LogP contribution in [0.1, 0.15) is 41.4 Å². The molecule has 0 unspecified atom stereocenters. The molecule has 3 rings (SSSR count). The van der Waals surface area contributed by atoms with Crippen molar-refractivity contribution in [3.8, 4) is 6.07 Å². The minimum atomic E-state index is -0.423. The predicted molar refractivity (Wildman–Crippen MR) is 73.7 cm³/mol. The van der Waals surface area contributed by atoms with Crippen molar-refractivity contribution in [2.75, 3.05) is 18.0 Å². The van der Waals surface area contributed by atoms with E-state index in [4.69, 9.17) is 4.74 Å². The molecule has 0 amide bonds.